The van der Waals surface area contributed by atoms with Gasteiger partial charge >= 0.3 is 5.63 Å². The van der Waals surface area contributed by atoms with Gasteiger partial charge in [-0.05, 0) is 31.9 Å². The maximum Gasteiger partial charge on any atom is 0.349 e. The number of carbonyl (C=O) groups is 1. The minimum atomic E-state index is -0.588. The predicted octanol–water partition coefficient (Wildman–Crippen LogP) is 2.43. The Morgan fingerprint density at radius 3 is 2.91 bits per heavy atom. The molecule has 1 atom stereocenters. The van der Waals surface area contributed by atoms with Gasteiger partial charge in [-0.2, -0.15) is 0 Å². The Labute approximate surface area is 128 Å². The summed E-state index contributed by atoms with van der Waals surface area (Å²) in [5.74, 6) is -0.294. The van der Waals surface area contributed by atoms with Crippen molar-refractivity contribution in [3.05, 3.63) is 46.3 Å². The Morgan fingerprint density at radius 1 is 1.36 bits per heavy atom. The van der Waals surface area contributed by atoms with E-state index in [9.17, 15) is 9.59 Å². The van der Waals surface area contributed by atoms with Crippen molar-refractivity contribution in [2.24, 2.45) is 0 Å². The first-order valence-corrected chi connectivity index (χ1v) is 7.63. The van der Waals surface area contributed by atoms with Crippen LogP contribution in [-0.4, -0.2) is 36.6 Å². The molecule has 3 rings (SSSR count). The summed E-state index contributed by atoms with van der Waals surface area (Å²) < 4.78 is 10.8. The standard InChI is InChI=1S/C17H19NO4/c1-2-18(11-13-7-5-9-21-13)16(19)14-10-12-6-3-4-8-15(12)22-17(14)20/h3-4,6,8,10,13H,2,5,7,9,11H2,1H3. The van der Waals surface area contributed by atoms with Crippen LogP contribution in [0.15, 0.2) is 39.5 Å². The Morgan fingerprint density at radius 2 is 2.18 bits per heavy atom. The van der Waals surface area contributed by atoms with Crippen molar-refractivity contribution in [1.82, 2.24) is 4.90 Å². The van der Waals surface area contributed by atoms with E-state index in [0.29, 0.717) is 18.7 Å². The number of likely N-dealkylation sites (N-methyl/N-ethyl adjacent to an activating group) is 1. The monoisotopic (exact) mass is 301 g/mol. The summed E-state index contributed by atoms with van der Waals surface area (Å²) in [6.07, 6.45) is 2.04. The molecule has 22 heavy (non-hydrogen) atoms. The third-order valence-electron chi connectivity index (χ3n) is 3.99. The summed E-state index contributed by atoms with van der Waals surface area (Å²) in [5.41, 5.74) is -0.0146. The zero-order valence-corrected chi connectivity index (χ0v) is 12.6. The molecule has 0 saturated carbocycles. The lowest BCUT2D eigenvalue weighted by molar-refractivity contribution is 0.0536. The number of amides is 1. The van der Waals surface area contributed by atoms with E-state index < -0.39 is 5.63 Å². The van der Waals surface area contributed by atoms with Gasteiger partial charge in [0.25, 0.3) is 5.91 Å². The Balaban J connectivity index is 1.89. The molecule has 1 aromatic carbocycles. The van der Waals surface area contributed by atoms with E-state index in [-0.39, 0.29) is 17.6 Å². The van der Waals surface area contributed by atoms with Gasteiger partial charge in [0.1, 0.15) is 11.1 Å². The van der Waals surface area contributed by atoms with E-state index >= 15 is 0 Å². The van der Waals surface area contributed by atoms with Gasteiger partial charge in [0, 0.05) is 25.1 Å². The van der Waals surface area contributed by atoms with Crippen LogP contribution in [0.2, 0.25) is 0 Å². The molecule has 1 unspecified atom stereocenters. The van der Waals surface area contributed by atoms with Crippen molar-refractivity contribution in [1.29, 1.82) is 0 Å². The number of hydrogen-bond donors (Lipinski definition) is 0. The van der Waals surface area contributed by atoms with E-state index in [0.717, 1.165) is 24.8 Å². The van der Waals surface area contributed by atoms with Crippen molar-refractivity contribution in [2.75, 3.05) is 19.7 Å². The molecule has 116 valence electrons. The number of rotatable bonds is 4. The molecule has 0 spiro atoms. The molecule has 1 fully saturated rings. The van der Waals surface area contributed by atoms with Crippen molar-refractivity contribution >= 4 is 16.9 Å². The average Bonchev–Trinajstić information content (AvgIpc) is 3.04. The highest BCUT2D eigenvalue weighted by atomic mass is 16.5. The fourth-order valence-electron chi connectivity index (χ4n) is 2.77. The first-order valence-electron chi connectivity index (χ1n) is 7.63. The third-order valence-corrected chi connectivity index (χ3v) is 3.99. The van der Waals surface area contributed by atoms with Gasteiger partial charge in [0.2, 0.25) is 0 Å². The maximum absolute atomic E-state index is 12.6. The summed E-state index contributed by atoms with van der Waals surface area (Å²) >= 11 is 0. The van der Waals surface area contributed by atoms with Crippen LogP contribution in [0.4, 0.5) is 0 Å². The lowest BCUT2D eigenvalue weighted by atomic mass is 10.1. The van der Waals surface area contributed by atoms with Gasteiger partial charge in [-0.1, -0.05) is 18.2 Å². The van der Waals surface area contributed by atoms with Crippen molar-refractivity contribution in [3.63, 3.8) is 0 Å². The Kier molecular flexibility index (Phi) is 4.24. The second kappa shape index (κ2) is 6.32. The molecule has 5 nitrogen and oxygen atoms in total. The lowest BCUT2D eigenvalue weighted by Crippen LogP contribution is -2.39. The molecule has 0 radical (unpaired) electrons. The molecule has 1 saturated heterocycles. The van der Waals surface area contributed by atoms with Gasteiger partial charge < -0.3 is 14.1 Å². The van der Waals surface area contributed by atoms with Crippen LogP contribution in [0, 0.1) is 0 Å². The Bertz CT molecular complexity index is 731. The molecule has 1 amide bonds. The molecule has 2 aromatic rings. The van der Waals surface area contributed by atoms with E-state index in [2.05, 4.69) is 0 Å². The second-order valence-electron chi connectivity index (χ2n) is 5.46. The minimum Gasteiger partial charge on any atom is -0.422 e. The first kappa shape index (κ1) is 14.8. The number of hydrogen-bond acceptors (Lipinski definition) is 4. The van der Waals surface area contributed by atoms with Crippen LogP contribution in [0.3, 0.4) is 0 Å². The van der Waals surface area contributed by atoms with Crippen LogP contribution in [0.25, 0.3) is 11.0 Å². The van der Waals surface area contributed by atoms with Crippen molar-refractivity contribution in [2.45, 2.75) is 25.9 Å². The zero-order chi connectivity index (χ0) is 15.5. The van der Waals surface area contributed by atoms with E-state index in [1.807, 2.05) is 19.1 Å². The number of carbonyl (C=O) groups excluding carboxylic acids is 1. The molecule has 1 aliphatic rings. The molecule has 2 heterocycles. The van der Waals surface area contributed by atoms with E-state index in [1.165, 1.54) is 0 Å². The molecule has 0 N–H and O–H groups in total. The van der Waals surface area contributed by atoms with Crippen LogP contribution >= 0.6 is 0 Å². The average molecular weight is 301 g/mol. The number of nitrogens with zero attached hydrogens (tertiary/aromatic N) is 1. The number of ether oxygens (including phenoxy) is 1. The molecule has 1 aromatic heterocycles. The van der Waals surface area contributed by atoms with Gasteiger partial charge in [-0.3, -0.25) is 4.79 Å². The molecular weight excluding hydrogens is 282 g/mol. The molecular formula is C17H19NO4. The molecule has 1 aliphatic heterocycles. The first-order chi connectivity index (χ1) is 10.7. The number of fused-ring (bicyclic) bond motifs is 1. The molecule has 0 aliphatic carbocycles. The predicted molar refractivity (Wildman–Crippen MR) is 83.0 cm³/mol. The van der Waals surface area contributed by atoms with E-state index in [4.69, 9.17) is 9.15 Å². The Hall–Kier alpha value is -2.14. The van der Waals surface area contributed by atoms with Gasteiger partial charge in [0.15, 0.2) is 0 Å². The second-order valence-corrected chi connectivity index (χ2v) is 5.46. The van der Waals surface area contributed by atoms with Crippen molar-refractivity contribution < 1.29 is 13.9 Å². The fraction of sp³-hybridized carbons (Fsp3) is 0.412. The summed E-state index contributed by atoms with van der Waals surface area (Å²) in [5, 5.41) is 0.749. The van der Waals surface area contributed by atoms with Crippen molar-refractivity contribution in [3.8, 4) is 0 Å². The third kappa shape index (κ3) is 2.90. The minimum absolute atomic E-state index is 0.0661. The summed E-state index contributed by atoms with van der Waals surface area (Å²) in [4.78, 5) is 26.4. The zero-order valence-electron chi connectivity index (χ0n) is 12.6. The van der Waals surface area contributed by atoms with E-state index in [1.54, 1.807) is 23.1 Å². The number of benzene rings is 1. The lowest BCUT2D eigenvalue weighted by Gasteiger charge is -2.23. The highest BCUT2D eigenvalue weighted by molar-refractivity contribution is 5.96. The van der Waals surface area contributed by atoms with Gasteiger partial charge in [0.05, 0.1) is 6.10 Å². The SMILES string of the molecule is CCN(CC1CCCO1)C(=O)c1cc2ccccc2oc1=O. The van der Waals surface area contributed by atoms with Crippen LogP contribution in [0.5, 0.6) is 0 Å². The summed E-state index contributed by atoms with van der Waals surface area (Å²) in [6.45, 7) is 3.69. The fourth-order valence-corrected chi connectivity index (χ4v) is 2.77. The highest BCUT2D eigenvalue weighted by Crippen LogP contribution is 2.16. The topological polar surface area (TPSA) is 59.8 Å². The normalized spacial score (nSPS) is 17.8. The van der Waals surface area contributed by atoms with Crippen LogP contribution < -0.4 is 5.63 Å². The van der Waals surface area contributed by atoms with Crippen LogP contribution in [-0.2, 0) is 4.74 Å². The summed E-state index contributed by atoms with van der Waals surface area (Å²) in [6, 6.07) is 8.80. The molecule has 0 bridgehead atoms. The van der Waals surface area contributed by atoms with Gasteiger partial charge in [-0.15, -0.1) is 0 Å². The van der Waals surface area contributed by atoms with Crippen LogP contribution in [0.1, 0.15) is 30.1 Å². The maximum atomic E-state index is 12.6. The highest BCUT2D eigenvalue weighted by Gasteiger charge is 2.24. The molecule has 5 heteroatoms. The quantitative estimate of drug-likeness (QED) is 0.814. The number of para-hydroxylation sites is 1. The summed E-state index contributed by atoms with van der Waals surface area (Å²) in [7, 11) is 0. The smallest absolute Gasteiger partial charge is 0.349 e. The van der Waals surface area contributed by atoms with Gasteiger partial charge in [-0.25, -0.2) is 4.79 Å². The largest absolute Gasteiger partial charge is 0.422 e.